The Morgan fingerprint density at radius 1 is 1.19 bits per heavy atom. The zero-order valence-corrected chi connectivity index (χ0v) is 16.7. The fraction of sp³-hybridized carbons (Fsp3) is 0.650. The fourth-order valence-electron chi connectivity index (χ4n) is 4.45. The third kappa shape index (κ3) is 4.70. The minimum atomic E-state index is -0.0732. The summed E-state index contributed by atoms with van der Waals surface area (Å²) in [5, 5.41) is 3.59. The molecule has 1 aromatic rings. The van der Waals surface area contributed by atoms with Gasteiger partial charge in [0.1, 0.15) is 5.75 Å². The number of nitrogens with one attached hydrogen (secondary N) is 3. The van der Waals surface area contributed by atoms with Gasteiger partial charge in [-0.1, -0.05) is 11.6 Å². The lowest BCUT2D eigenvalue weighted by molar-refractivity contribution is -0.965. The van der Waals surface area contributed by atoms with E-state index in [4.69, 9.17) is 16.3 Å². The molecule has 5 nitrogen and oxygen atoms in total. The maximum atomic E-state index is 12.7. The van der Waals surface area contributed by atoms with Crippen molar-refractivity contribution in [3.05, 3.63) is 23.2 Å². The minimum absolute atomic E-state index is 0.0318. The van der Waals surface area contributed by atoms with E-state index in [-0.39, 0.29) is 11.9 Å². The Balaban J connectivity index is 1.54. The second kappa shape index (κ2) is 9.07. The number of benzene rings is 1. The maximum Gasteiger partial charge on any atom is 0.282 e. The lowest BCUT2D eigenvalue weighted by Crippen LogP contribution is -3.22. The highest BCUT2D eigenvalue weighted by molar-refractivity contribution is 6.31. The maximum absolute atomic E-state index is 12.7. The predicted octanol–water partition coefficient (Wildman–Crippen LogP) is 0.792. The number of anilines is 1. The largest absolute Gasteiger partial charge is 0.495 e. The molecule has 2 aliphatic heterocycles. The van der Waals surface area contributed by atoms with E-state index in [0.29, 0.717) is 16.5 Å². The number of quaternary nitrogens is 2. The first kappa shape index (κ1) is 19.5. The van der Waals surface area contributed by atoms with Gasteiger partial charge in [0.15, 0.2) is 6.04 Å². The number of hydrogen-bond donors (Lipinski definition) is 3. The number of ether oxygens (including phenoxy) is 1. The first-order valence-corrected chi connectivity index (χ1v) is 10.3. The highest BCUT2D eigenvalue weighted by Gasteiger charge is 2.34. The lowest BCUT2D eigenvalue weighted by Gasteiger charge is -2.37. The molecule has 144 valence electrons. The monoisotopic (exact) mass is 381 g/mol. The molecule has 2 aliphatic rings. The Bertz CT molecular complexity index is 611. The Kier molecular flexibility index (Phi) is 6.79. The summed E-state index contributed by atoms with van der Waals surface area (Å²) in [7, 11) is 1.60. The van der Waals surface area contributed by atoms with E-state index < -0.39 is 0 Å². The molecule has 0 aliphatic carbocycles. The highest BCUT2D eigenvalue weighted by atomic mass is 35.5. The SMILES string of the molecule is COc1ccc(Cl)cc1NC(=O)[C@@H](C)[NH+]1CCC([NH+]2CCCCC2)CC1. The standard InChI is InChI=1S/C20H30ClN3O2/c1-15(20(25)22-18-14-16(21)6-7-19(18)26-2)23-12-8-17(9-13-23)24-10-4-3-5-11-24/h6-7,14-15,17H,3-5,8-13H2,1-2H3,(H,22,25)/p+2/t15-/m1/s1. The smallest absolute Gasteiger partial charge is 0.282 e. The van der Waals surface area contributed by atoms with E-state index >= 15 is 0 Å². The molecule has 3 N–H and O–H groups in total. The van der Waals surface area contributed by atoms with Crippen molar-refractivity contribution in [3.8, 4) is 5.75 Å². The van der Waals surface area contributed by atoms with Gasteiger partial charge < -0.3 is 19.9 Å². The van der Waals surface area contributed by atoms with Crippen LogP contribution in [0.3, 0.4) is 0 Å². The number of likely N-dealkylation sites (tertiary alicyclic amines) is 2. The summed E-state index contributed by atoms with van der Waals surface area (Å²) in [6.07, 6.45) is 6.61. The zero-order chi connectivity index (χ0) is 18.5. The summed E-state index contributed by atoms with van der Waals surface area (Å²) in [6, 6.07) is 6.01. The third-order valence-corrected chi connectivity index (χ3v) is 6.36. The number of amides is 1. The average Bonchev–Trinajstić information content (AvgIpc) is 2.68. The van der Waals surface area contributed by atoms with Crippen molar-refractivity contribution in [2.75, 3.05) is 38.6 Å². The summed E-state index contributed by atoms with van der Waals surface area (Å²) in [5.74, 6) is 0.668. The first-order chi connectivity index (χ1) is 12.6. The van der Waals surface area contributed by atoms with Gasteiger partial charge in [-0.25, -0.2) is 0 Å². The van der Waals surface area contributed by atoms with Crippen molar-refractivity contribution in [1.29, 1.82) is 0 Å². The van der Waals surface area contributed by atoms with Crippen LogP contribution in [0.15, 0.2) is 18.2 Å². The predicted molar refractivity (Wildman–Crippen MR) is 104 cm³/mol. The van der Waals surface area contributed by atoms with Crippen LogP contribution in [0.2, 0.25) is 5.02 Å². The molecule has 0 spiro atoms. The van der Waals surface area contributed by atoms with Crippen LogP contribution in [-0.2, 0) is 4.79 Å². The van der Waals surface area contributed by atoms with Gasteiger partial charge in [-0.15, -0.1) is 0 Å². The van der Waals surface area contributed by atoms with Crippen LogP contribution in [0.1, 0.15) is 39.0 Å². The molecule has 2 saturated heterocycles. The first-order valence-electron chi connectivity index (χ1n) is 9.92. The Labute approximate surface area is 161 Å². The molecule has 26 heavy (non-hydrogen) atoms. The van der Waals surface area contributed by atoms with Crippen LogP contribution >= 0.6 is 11.6 Å². The number of halogens is 1. The van der Waals surface area contributed by atoms with E-state index in [1.807, 2.05) is 6.92 Å². The molecule has 0 radical (unpaired) electrons. The fourth-order valence-corrected chi connectivity index (χ4v) is 4.62. The molecular weight excluding hydrogens is 350 g/mol. The van der Waals surface area contributed by atoms with Crippen LogP contribution in [0.25, 0.3) is 0 Å². The van der Waals surface area contributed by atoms with Crippen LogP contribution in [0.5, 0.6) is 5.75 Å². The van der Waals surface area contributed by atoms with Crippen LogP contribution in [0.4, 0.5) is 5.69 Å². The molecule has 3 rings (SSSR count). The Morgan fingerprint density at radius 2 is 1.88 bits per heavy atom. The van der Waals surface area contributed by atoms with Crippen LogP contribution in [-0.4, -0.2) is 51.3 Å². The van der Waals surface area contributed by atoms with Crippen molar-refractivity contribution in [3.63, 3.8) is 0 Å². The zero-order valence-electron chi connectivity index (χ0n) is 15.9. The van der Waals surface area contributed by atoms with Gasteiger partial charge in [-0.05, 0) is 44.4 Å². The van der Waals surface area contributed by atoms with Gasteiger partial charge in [-0.3, -0.25) is 4.79 Å². The molecule has 1 aromatic carbocycles. The second-order valence-electron chi connectivity index (χ2n) is 7.71. The van der Waals surface area contributed by atoms with E-state index in [0.717, 1.165) is 19.1 Å². The van der Waals surface area contributed by atoms with Gasteiger partial charge in [0.2, 0.25) is 0 Å². The molecule has 2 fully saturated rings. The minimum Gasteiger partial charge on any atom is -0.495 e. The number of carbonyl (C=O) groups is 1. The third-order valence-electron chi connectivity index (χ3n) is 6.13. The second-order valence-corrected chi connectivity index (χ2v) is 8.14. The van der Waals surface area contributed by atoms with Crippen molar-refractivity contribution in [2.45, 2.75) is 51.1 Å². The van der Waals surface area contributed by atoms with Crippen molar-refractivity contribution < 1.29 is 19.3 Å². The molecule has 6 heteroatoms. The molecule has 0 unspecified atom stereocenters. The van der Waals surface area contributed by atoms with Gasteiger partial charge in [0, 0.05) is 17.9 Å². The average molecular weight is 382 g/mol. The van der Waals surface area contributed by atoms with Crippen molar-refractivity contribution in [2.24, 2.45) is 0 Å². The van der Waals surface area contributed by atoms with Gasteiger partial charge in [0.25, 0.3) is 5.91 Å². The summed E-state index contributed by atoms with van der Waals surface area (Å²) < 4.78 is 5.32. The number of hydrogen-bond acceptors (Lipinski definition) is 2. The van der Waals surface area contributed by atoms with Crippen LogP contribution in [0, 0.1) is 0 Å². The Morgan fingerprint density at radius 3 is 2.54 bits per heavy atom. The summed E-state index contributed by atoms with van der Waals surface area (Å²) in [6.45, 7) is 6.86. The number of carbonyl (C=O) groups excluding carboxylic acids is 1. The molecular formula is C20H32ClN3O2+2. The summed E-state index contributed by atoms with van der Waals surface area (Å²) in [4.78, 5) is 15.9. The van der Waals surface area contributed by atoms with Crippen molar-refractivity contribution in [1.82, 2.24) is 0 Å². The van der Waals surface area contributed by atoms with E-state index in [9.17, 15) is 4.79 Å². The molecule has 1 atom stereocenters. The van der Waals surface area contributed by atoms with E-state index in [1.165, 1.54) is 50.1 Å². The normalized spacial score (nSPS) is 25.5. The van der Waals surface area contributed by atoms with E-state index in [1.54, 1.807) is 30.2 Å². The molecule has 0 saturated carbocycles. The Hall–Kier alpha value is -1.30. The molecule has 0 bridgehead atoms. The number of rotatable bonds is 5. The number of piperidine rings is 2. The van der Waals surface area contributed by atoms with Gasteiger partial charge >= 0.3 is 0 Å². The molecule has 2 heterocycles. The topological polar surface area (TPSA) is 47.2 Å². The lowest BCUT2D eigenvalue weighted by atomic mass is 9.99. The van der Waals surface area contributed by atoms with Gasteiger partial charge in [-0.2, -0.15) is 0 Å². The summed E-state index contributed by atoms with van der Waals surface area (Å²) in [5.41, 5.74) is 0.642. The highest BCUT2D eigenvalue weighted by Crippen LogP contribution is 2.27. The summed E-state index contributed by atoms with van der Waals surface area (Å²) >= 11 is 6.06. The quantitative estimate of drug-likeness (QED) is 0.706. The molecule has 0 aromatic heterocycles. The van der Waals surface area contributed by atoms with Crippen LogP contribution < -0.4 is 19.9 Å². The van der Waals surface area contributed by atoms with E-state index in [2.05, 4.69) is 5.32 Å². The van der Waals surface area contributed by atoms with Gasteiger partial charge in [0.05, 0.1) is 45.0 Å². The molecule has 1 amide bonds. The number of methoxy groups -OCH3 is 1. The van der Waals surface area contributed by atoms with Crippen molar-refractivity contribution >= 4 is 23.2 Å².